The van der Waals surface area contributed by atoms with Crippen LogP contribution in [0.2, 0.25) is 0 Å². The van der Waals surface area contributed by atoms with Crippen LogP contribution >= 0.6 is 0 Å². The number of carbonyl (C=O) groups excluding carboxylic acids is 1. The first-order valence-electron chi connectivity index (χ1n) is 9.14. The van der Waals surface area contributed by atoms with Crippen molar-refractivity contribution in [2.24, 2.45) is 0 Å². The molecule has 0 spiro atoms. The smallest absolute Gasteiger partial charge is 0.225 e. The van der Waals surface area contributed by atoms with Crippen molar-refractivity contribution < 1.29 is 14.3 Å². The molecule has 138 valence electrons. The van der Waals surface area contributed by atoms with Crippen LogP contribution in [-0.4, -0.2) is 67.3 Å². The summed E-state index contributed by atoms with van der Waals surface area (Å²) in [6, 6.07) is 1.86. The largest absolute Gasteiger partial charge is 0.378 e. The average molecular weight is 348 g/mol. The number of morpholine rings is 1. The van der Waals surface area contributed by atoms with Crippen molar-refractivity contribution in [3.8, 4) is 0 Å². The minimum atomic E-state index is -0.190. The van der Waals surface area contributed by atoms with Crippen molar-refractivity contribution in [2.45, 2.75) is 44.3 Å². The molecule has 2 aliphatic rings. The Kier molecular flexibility index (Phi) is 6.20. The molecule has 3 rings (SSSR count). The summed E-state index contributed by atoms with van der Waals surface area (Å²) in [6.45, 7) is 2.57. The minimum Gasteiger partial charge on any atom is -0.378 e. The summed E-state index contributed by atoms with van der Waals surface area (Å²) >= 11 is 0. The molecule has 7 nitrogen and oxygen atoms in total. The normalized spacial score (nSPS) is 24.2. The van der Waals surface area contributed by atoms with Gasteiger partial charge in [0.25, 0.3) is 0 Å². The van der Waals surface area contributed by atoms with Crippen LogP contribution in [0.4, 0.5) is 5.95 Å². The third-order valence-electron chi connectivity index (χ3n) is 4.77. The van der Waals surface area contributed by atoms with Crippen LogP contribution in [0.5, 0.6) is 0 Å². The first-order valence-corrected chi connectivity index (χ1v) is 9.14. The Balaban J connectivity index is 1.55. The Morgan fingerprint density at radius 3 is 2.96 bits per heavy atom. The molecule has 0 saturated carbocycles. The molecule has 0 bridgehead atoms. The van der Waals surface area contributed by atoms with Gasteiger partial charge in [0.1, 0.15) is 6.10 Å². The lowest BCUT2D eigenvalue weighted by Gasteiger charge is -2.33. The summed E-state index contributed by atoms with van der Waals surface area (Å²) in [4.78, 5) is 25.1. The molecule has 0 radical (unpaired) electrons. The van der Waals surface area contributed by atoms with Crippen molar-refractivity contribution in [3.63, 3.8) is 0 Å². The third-order valence-corrected chi connectivity index (χ3v) is 4.77. The van der Waals surface area contributed by atoms with Gasteiger partial charge in [0, 0.05) is 39.9 Å². The molecule has 7 heteroatoms. The predicted octanol–water partition coefficient (Wildman–Crippen LogP) is 1.79. The van der Waals surface area contributed by atoms with Crippen LogP contribution < -0.4 is 4.90 Å². The number of anilines is 1. The van der Waals surface area contributed by atoms with E-state index in [4.69, 9.17) is 9.47 Å². The number of nitrogens with zero attached hydrogens (tertiary/aromatic N) is 4. The molecule has 1 amide bonds. The number of hydrogen-bond donors (Lipinski definition) is 0. The SMILES string of the molecule is CN(C)c1nccc(C2CN(C(=O)CCC3CCCCO3)CCO2)n1. The first kappa shape index (κ1) is 18.1. The Morgan fingerprint density at radius 2 is 2.20 bits per heavy atom. The molecule has 2 atom stereocenters. The van der Waals surface area contributed by atoms with Crippen molar-refractivity contribution in [1.29, 1.82) is 0 Å². The summed E-state index contributed by atoms with van der Waals surface area (Å²) in [5.74, 6) is 0.836. The molecule has 2 aliphatic heterocycles. The average Bonchev–Trinajstić information content (AvgIpc) is 2.67. The molecular weight excluding hydrogens is 320 g/mol. The molecule has 0 aromatic carbocycles. The molecular formula is C18H28N4O3. The van der Waals surface area contributed by atoms with Gasteiger partial charge in [-0.05, 0) is 31.7 Å². The maximum absolute atomic E-state index is 12.6. The van der Waals surface area contributed by atoms with Crippen molar-refractivity contribution in [1.82, 2.24) is 14.9 Å². The van der Waals surface area contributed by atoms with E-state index in [1.807, 2.05) is 30.0 Å². The second-order valence-corrected chi connectivity index (χ2v) is 6.90. The van der Waals surface area contributed by atoms with E-state index in [1.54, 1.807) is 6.20 Å². The van der Waals surface area contributed by atoms with Gasteiger partial charge in [0.2, 0.25) is 11.9 Å². The molecule has 0 aliphatic carbocycles. The van der Waals surface area contributed by atoms with E-state index in [0.29, 0.717) is 32.1 Å². The fourth-order valence-corrected chi connectivity index (χ4v) is 3.29. The summed E-state index contributed by atoms with van der Waals surface area (Å²) in [5, 5.41) is 0. The molecule has 3 heterocycles. The van der Waals surface area contributed by atoms with Crippen molar-refractivity contribution in [2.75, 3.05) is 45.3 Å². The highest BCUT2D eigenvalue weighted by molar-refractivity contribution is 5.76. The van der Waals surface area contributed by atoms with Crippen LogP contribution in [0.25, 0.3) is 0 Å². The van der Waals surface area contributed by atoms with E-state index in [2.05, 4.69) is 9.97 Å². The van der Waals surface area contributed by atoms with Gasteiger partial charge in [0.15, 0.2) is 0 Å². The van der Waals surface area contributed by atoms with E-state index >= 15 is 0 Å². The van der Waals surface area contributed by atoms with E-state index < -0.39 is 0 Å². The summed E-state index contributed by atoms with van der Waals surface area (Å²) < 4.78 is 11.6. The minimum absolute atomic E-state index is 0.185. The van der Waals surface area contributed by atoms with Gasteiger partial charge in [-0.3, -0.25) is 4.79 Å². The van der Waals surface area contributed by atoms with Gasteiger partial charge in [-0.25, -0.2) is 9.97 Å². The number of hydrogen-bond acceptors (Lipinski definition) is 6. The maximum atomic E-state index is 12.6. The van der Waals surface area contributed by atoms with Gasteiger partial charge in [-0.15, -0.1) is 0 Å². The van der Waals surface area contributed by atoms with E-state index in [1.165, 1.54) is 6.42 Å². The highest BCUT2D eigenvalue weighted by atomic mass is 16.5. The fourth-order valence-electron chi connectivity index (χ4n) is 3.29. The van der Waals surface area contributed by atoms with Gasteiger partial charge >= 0.3 is 0 Å². The Labute approximate surface area is 149 Å². The number of rotatable bonds is 5. The summed E-state index contributed by atoms with van der Waals surface area (Å²) in [5.41, 5.74) is 0.826. The number of ether oxygens (including phenoxy) is 2. The first-order chi connectivity index (χ1) is 12.1. The number of carbonyl (C=O) groups is 1. The van der Waals surface area contributed by atoms with Gasteiger partial charge in [0.05, 0.1) is 24.9 Å². The Morgan fingerprint density at radius 1 is 1.32 bits per heavy atom. The number of amides is 1. The molecule has 2 unspecified atom stereocenters. The zero-order valence-corrected chi connectivity index (χ0v) is 15.2. The lowest BCUT2D eigenvalue weighted by atomic mass is 10.0. The molecule has 1 aromatic rings. The van der Waals surface area contributed by atoms with Gasteiger partial charge in [-0.1, -0.05) is 0 Å². The van der Waals surface area contributed by atoms with Crippen LogP contribution in [0.1, 0.15) is 43.9 Å². The maximum Gasteiger partial charge on any atom is 0.225 e. The lowest BCUT2D eigenvalue weighted by molar-refractivity contribution is -0.140. The van der Waals surface area contributed by atoms with Crippen LogP contribution in [0.15, 0.2) is 12.3 Å². The summed E-state index contributed by atoms with van der Waals surface area (Å²) in [6.07, 6.45) is 6.59. The number of aromatic nitrogens is 2. The fraction of sp³-hybridized carbons (Fsp3) is 0.722. The van der Waals surface area contributed by atoms with Crippen molar-refractivity contribution in [3.05, 3.63) is 18.0 Å². The van der Waals surface area contributed by atoms with E-state index in [0.717, 1.165) is 31.6 Å². The standard InChI is InChI=1S/C18H28N4O3/c1-21(2)18-19-9-8-15(20-18)16-13-22(10-12-25-16)17(23)7-6-14-5-3-4-11-24-14/h8-9,14,16H,3-7,10-13H2,1-2H3. The van der Waals surface area contributed by atoms with Gasteiger partial charge < -0.3 is 19.3 Å². The zero-order chi connectivity index (χ0) is 17.6. The van der Waals surface area contributed by atoms with E-state index in [9.17, 15) is 4.79 Å². The molecule has 0 N–H and O–H groups in total. The topological polar surface area (TPSA) is 67.8 Å². The molecule has 2 fully saturated rings. The van der Waals surface area contributed by atoms with E-state index in [-0.39, 0.29) is 18.1 Å². The van der Waals surface area contributed by atoms with Crippen LogP contribution in [0, 0.1) is 0 Å². The predicted molar refractivity (Wildman–Crippen MR) is 94.5 cm³/mol. The lowest BCUT2D eigenvalue weighted by Crippen LogP contribution is -2.42. The molecule has 2 saturated heterocycles. The monoisotopic (exact) mass is 348 g/mol. The Bertz CT molecular complexity index is 575. The van der Waals surface area contributed by atoms with Gasteiger partial charge in [-0.2, -0.15) is 0 Å². The van der Waals surface area contributed by atoms with Crippen molar-refractivity contribution >= 4 is 11.9 Å². The van der Waals surface area contributed by atoms with Crippen LogP contribution in [0.3, 0.4) is 0 Å². The highest BCUT2D eigenvalue weighted by Gasteiger charge is 2.27. The zero-order valence-electron chi connectivity index (χ0n) is 15.2. The van der Waals surface area contributed by atoms with Crippen LogP contribution in [-0.2, 0) is 14.3 Å². The molecule has 1 aromatic heterocycles. The molecule has 25 heavy (non-hydrogen) atoms. The Hall–Kier alpha value is -1.73. The second kappa shape index (κ2) is 8.58. The second-order valence-electron chi connectivity index (χ2n) is 6.90. The highest BCUT2D eigenvalue weighted by Crippen LogP contribution is 2.23. The quantitative estimate of drug-likeness (QED) is 0.808. The summed E-state index contributed by atoms with van der Waals surface area (Å²) in [7, 11) is 3.81. The third kappa shape index (κ3) is 4.89.